The molecule has 222 valence electrons. The number of aliphatic hydroxyl groups is 1. The van der Waals surface area contributed by atoms with Crippen molar-refractivity contribution in [3.63, 3.8) is 0 Å². The Balaban J connectivity index is 1.23. The summed E-state index contributed by atoms with van der Waals surface area (Å²) in [6.45, 7) is 6.96. The predicted octanol–water partition coefficient (Wildman–Crippen LogP) is 0.0963. The van der Waals surface area contributed by atoms with Crippen molar-refractivity contribution < 1.29 is 19.4 Å². The molecule has 0 aliphatic carbocycles. The highest BCUT2D eigenvalue weighted by Crippen LogP contribution is 2.41. The average Bonchev–Trinajstić information content (AvgIpc) is 3.44. The summed E-state index contributed by atoms with van der Waals surface area (Å²) >= 11 is 0. The lowest BCUT2D eigenvalue weighted by Gasteiger charge is -2.49. The lowest BCUT2D eigenvalue weighted by molar-refractivity contribution is 0.00288. The maximum absolute atomic E-state index is 13.6. The smallest absolute Gasteiger partial charge is 0.272 e. The Bertz CT molecular complexity index is 1460. The van der Waals surface area contributed by atoms with Crippen LogP contribution in [-0.2, 0) is 5.41 Å². The zero-order valence-electron chi connectivity index (χ0n) is 24.1. The van der Waals surface area contributed by atoms with Crippen molar-refractivity contribution in [3.05, 3.63) is 58.9 Å². The van der Waals surface area contributed by atoms with E-state index >= 15 is 0 Å². The van der Waals surface area contributed by atoms with Crippen LogP contribution in [0.1, 0.15) is 52.2 Å². The molecule has 0 bridgehead atoms. The molecule has 4 aliphatic rings. The van der Waals surface area contributed by atoms with Crippen LogP contribution < -0.4 is 26.0 Å². The van der Waals surface area contributed by atoms with Crippen LogP contribution in [0.15, 0.2) is 36.5 Å². The first-order valence-corrected chi connectivity index (χ1v) is 14.1. The molecule has 5 atom stereocenters. The van der Waals surface area contributed by atoms with Crippen LogP contribution in [0.5, 0.6) is 5.75 Å². The zero-order chi connectivity index (χ0) is 30.0. The van der Waals surface area contributed by atoms with E-state index in [4.69, 9.17) is 15.6 Å². The highest BCUT2D eigenvalue weighted by molar-refractivity contribution is 5.98. The molecule has 3 saturated heterocycles. The number of nitrogens with zero attached hydrogens (tertiary/aromatic N) is 3. The second kappa shape index (κ2) is 9.86. The highest BCUT2D eigenvalue weighted by atomic mass is 16.5. The number of nitrogens with one attached hydrogen (secondary N) is 6. The summed E-state index contributed by atoms with van der Waals surface area (Å²) in [5, 5.41) is 41.2. The van der Waals surface area contributed by atoms with Gasteiger partial charge in [-0.3, -0.25) is 25.4 Å². The second-order valence-electron chi connectivity index (χ2n) is 12.3. The van der Waals surface area contributed by atoms with Crippen molar-refractivity contribution in [2.45, 2.75) is 62.5 Å². The first-order chi connectivity index (χ1) is 19.9. The number of carbonyl (C=O) groups is 2. The summed E-state index contributed by atoms with van der Waals surface area (Å²) in [5.41, 5.74) is 1.18. The van der Waals surface area contributed by atoms with Gasteiger partial charge in [0.25, 0.3) is 11.8 Å². The number of carbonyl (C=O) groups excluding carboxylic acids is 2. The third-order valence-corrected chi connectivity index (χ3v) is 8.98. The minimum atomic E-state index is -1.29. The fraction of sp³-hybridized carbons (Fsp3) is 0.483. The number of aliphatic hydroxyl groups excluding tert-OH is 1. The Morgan fingerprint density at radius 2 is 2.02 bits per heavy atom. The van der Waals surface area contributed by atoms with Gasteiger partial charge in [-0.25, -0.2) is 0 Å². The summed E-state index contributed by atoms with van der Waals surface area (Å²) in [4.78, 5) is 34.1. The van der Waals surface area contributed by atoms with Crippen molar-refractivity contribution in [1.29, 1.82) is 10.8 Å². The largest absolute Gasteiger partial charge is 0.492 e. The van der Waals surface area contributed by atoms with Gasteiger partial charge in [0, 0.05) is 31.9 Å². The average molecular weight is 576 g/mol. The van der Waals surface area contributed by atoms with E-state index in [0.717, 1.165) is 17.5 Å². The van der Waals surface area contributed by atoms with Crippen LogP contribution in [0.4, 0.5) is 0 Å². The van der Waals surface area contributed by atoms with Gasteiger partial charge >= 0.3 is 0 Å². The molecule has 5 heterocycles. The Hall–Kier alpha value is -4.39. The number of fused-ring (bicyclic) bond motifs is 1. The van der Waals surface area contributed by atoms with Gasteiger partial charge in [0.05, 0.1) is 30.3 Å². The summed E-state index contributed by atoms with van der Waals surface area (Å²) in [5.74, 6) is -0.101. The molecule has 3 fully saturated rings. The molecule has 1 spiro atoms. The van der Waals surface area contributed by atoms with Gasteiger partial charge in [-0.05, 0) is 36.5 Å². The molecule has 2 aromatic rings. The Labute approximate surface area is 244 Å². The van der Waals surface area contributed by atoms with Gasteiger partial charge in [0.2, 0.25) is 0 Å². The first kappa shape index (κ1) is 27.8. The van der Waals surface area contributed by atoms with Crippen LogP contribution in [0.25, 0.3) is 0 Å². The van der Waals surface area contributed by atoms with Gasteiger partial charge in [-0.1, -0.05) is 32.0 Å². The number of rotatable bonds is 5. The molecule has 2 unspecified atom stereocenters. The number of pyridine rings is 1. The maximum Gasteiger partial charge on any atom is 0.272 e. The van der Waals surface area contributed by atoms with E-state index < -0.39 is 29.9 Å². The van der Waals surface area contributed by atoms with Gasteiger partial charge < -0.3 is 40.9 Å². The molecular weight excluding hydrogens is 538 g/mol. The highest BCUT2D eigenvalue weighted by Gasteiger charge is 2.66. The van der Waals surface area contributed by atoms with Gasteiger partial charge in [0.1, 0.15) is 17.5 Å². The second-order valence-corrected chi connectivity index (χ2v) is 12.3. The lowest BCUT2D eigenvalue weighted by atomic mass is 9.79. The molecule has 42 heavy (non-hydrogen) atoms. The number of amides is 2. The zero-order valence-corrected chi connectivity index (χ0v) is 24.1. The summed E-state index contributed by atoms with van der Waals surface area (Å²) < 4.78 is 5.94. The number of aryl methyl sites for hydroxylation is 1. The van der Waals surface area contributed by atoms with Crippen LogP contribution in [0, 0.1) is 17.7 Å². The van der Waals surface area contributed by atoms with Gasteiger partial charge in [0.15, 0.2) is 17.6 Å². The molecule has 1 aromatic heterocycles. The minimum Gasteiger partial charge on any atom is -0.492 e. The lowest BCUT2D eigenvalue weighted by Crippen LogP contribution is -2.78. The molecule has 13 heteroatoms. The topological polar surface area (TPSA) is 179 Å². The van der Waals surface area contributed by atoms with Crippen LogP contribution in [-0.4, -0.2) is 100 Å². The van der Waals surface area contributed by atoms with Crippen LogP contribution in [0.3, 0.4) is 0 Å². The monoisotopic (exact) mass is 575 g/mol. The van der Waals surface area contributed by atoms with Crippen LogP contribution in [0.2, 0.25) is 0 Å². The van der Waals surface area contributed by atoms with E-state index in [9.17, 15) is 14.7 Å². The molecular formula is C29H37N9O4. The van der Waals surface area contributed by atoms with E-state index in [1.807, 2.05) is 25.1 Å². The number of hydrogen-bond acceptors (Lipinski definition) is 7. The third kappa shape index (κ3) is 4.30. The Morgan fingerprint density at radius 3 is 2.76 bits per heavy atom. The summed E-state index contributed by atoms with van der Waals surface area (Å²) in [6, 6.07) is 7.11. The predicted molar refractivity (Wildman–Crippen MR) is 155 cm³/mol. The van der Waals surface area contributed by atoms with Crippen molar-refractivity contribution in [2.24, 2.45) is 0 Å². The van der Waals surface area contributed by atoms with Crippen molar-refractivity contribution in [2.75, 3.05) is 26.7 Å². The van der Waals surface area contributed by atoms with Crippen molar-refractivity contribution >= 4 is 23.7 Å². The first-order valence-electron chi connectivity index (χ1n) is 14.1. The molecule has 7 N–H and O–H groups in total. The van der Waals surface area contributed by atoms with Gasteiger partial charge in [-0.2, -0.15) is 0 Å². The molecule has 4 aliphatic heterocycles. The summed E-state index contributed by atoms with van der Waals surface area (Å²) in [7, 11) is 1.65. The Morgan fingerprint density at radius 1 is 1.24 bits per heavy atom. The fourth-order valence-electron chi connectivity index (χ4n) is 6.64. The normalized spacial score (nSPS) is 28.7. The quantitative estimate of drug-likeness (QED) is 0.260. The van der Waals surface area contributed by atoms with E-state index in [1.54, 1.807) is 30.3 Å². The number of hydrogen-bond donors (Lipinski definition) is 7. The van der Waals surface area contributed by atoms with Gasteiger partial charge in [-0.15, -0.1) is 0 Å². The standard InChI is InChI=1S/C29H37N9O4/c1-15-8-9-18(32-12-15)25(41)37(4)13-19-22-29(36-26(30)35-22)23(39)20(14-38(29)27(31)34-19)33-24(40)16-6-5-7-17-21(16)42-11-10-28(17,2)3/h5-9,12,19-20,22-23,39H,10-11,13-14H2,1-4H3,(H2,31,34)(H,33,40)(H3,30,35,36)/t19-,20?,22-,23+,29?/m0/s1. The maximum atomic E-state index is 13.6. The molecule has 1 aromatic carbocycles. The van der Waals surface area contributed by atoms with E-state index in [0.29, 0.717) is 23.6 Å². The Kier molecular flexibility index (Phi) is 6.52. The SMILES string of the molecule is Cc1ccc(C(=O)N(C)C[C@@H]2NC(=N)N3CC(NC(=O)c4cccc5c4OCCC5(C)C)[C@@H](O)C34NC(=N)N[C@@H]24)nc1. The number of benzene rings is 1. The number of aromatic nitrogens is 1. The molecule has 2 amide bonds. The van der Waals surface area contributed by atoms with Crippen molar-refractivity contribution in [3.8, 4) is 5.75 Å². The van der Waals surface area contributed by atoms with E-state index in [1.165, 1.54) is 4.90 Å². The molecule has 6 rings (SSSR count). The molecule has 13 nitrogen and oxygen atoms in total. The fourth-order valence-corrected chi connectivity index (χ4v) is 6.64. The van der Waals surface area contributed by atoms with E-state index in [2.05, 4.69) is 40.1 Å². The third-order valence-electron chi connectivity index (χ3n) is 8.98. The summed E-state index contributed by atoms with van der Waals surface area (Å²) in [6.07, 6.45) is 1.28. The van der Waals surface area contributed by atoms with Crippen LogP contribution >= 0.6 is 0 Å². The number of ether oxygens (including phenoxy) is 1. The minimum absolute atomic E-state index is 0.0144. The molecule has 0 radical (unpaired) electrons. The number of para-hydroxylation sites is 1. The van der Waals surface area contributed by atoms with Crippen molar-refractivity contribution in [1.82, 2.24) is 36.1 Å². The number of likely N-dealkylation sites (N-methyl/N-ethyl adjacent to an activating group) is 1. The van der Waals surface area contributed by atoms with E-state index in [-0.39, 0.29) is 42.2 Å². The molecule has 0 saturated carbocycles. The number of guanidine groups is 2.